The van der Waals surface area contributed by atoms with Gasteiger partial charge in [-0.1, -0.05) is 20.8 Å². The van der Waals surface area contributed by atoms with Gasteiger partial charge in [0.05, 0.1) is 18.0 Å². The van der Waals surface area contributed by atoms with E-state index in [2.05, 4.69) is 15.3 Å². The van der Waals surface area contributed by atoms with Crippen LogP contribution in [-0.4, -0.2) is 53.1 Å². The van der Waals surface area contributed by atoms with E-state index in [9.17, 15) is 9.50 Å². The van der Waals surface area contributed by atoms with Gasteiger partial charge in [0.15, 0.2) is 17.3 Å². The zero-order valence-corrected chi connectivity index (χ0v) is 22.3. The van der Waals surface area contributed by atoms with Crippen molar-refractivity contribution in [3.8, 4) is 22.6 Å². The van der Waals surface area contributed by atoms with Crippen LogP contribution in [0.5, 0.6) is 11.5 Å². The Balaban J connectivity index is 1.72. The number of hydrogen-bond acceptors (Lipinski definition) is 7. The summed E-state index contributed by atoms with van der Waals surface area (Å²) in [6.45, 7) is 8.41. The summed E-state index contributed by atoms with van der Waals surface area (Å²) in [4.78, 5) is 8.76. The van der Waals surface area contributed by atoms with Crippen molar-refractivity contribution >= 4 is 11.4 Å². The fourth-order valence-corrected chi connectivity index (χ4v) is 4.47. The largest absolute Gasteiger partial charge is 0.483 e. The molecule has 9 heteroatoms. The number of rotatable bonds is 7. The number of aliphatic imine (C=N–C) groups is 1. The van der Waals surface area contributed by atoms with Gasteiger partial charge in [-0.25, -0.2) is 9.37 Å². The normalized spacial score (nSPS) is 17.6. The minimum atomic E-state index is -0.863. The third kappa shape index (κ3) is 5.33. The Morgan fingerprint density at radius 3 is 2.73 bits per heavy atom. The SMILES string of the molecule is CN=C(C)/C(CC1COc2c(F)ccc(-c3ccc4ncc(CNC)n4c3)c2O1)=C(\N)C(O)C(C)(C)C. The second kappa shape index (κ2) is 10.5. The van der Waals surface area contributed by atoms with Gasteiger partial charge in [0.25, 0.3) is 0 Å². The molecule has 1 aromatic carbocycles. The topological polar surface area (TPSA) is 106 Å². The number of fused-ring (bicyclic) bond motifs is 2. The van der Waals surface area contributed by atoms with Gasteiger partial charge in [0.2, 0.25) is 0 Å². The molecule has 0 radical (unpaired) electrons. The van der Waals surface area contributed by atoms with Gasteiger partial charge >= 0.3 is 0 Å². The Kier molecular flexibility index (Phi) is 7.57. The first-order valence-corrected chi connectivity index (χ1v) is 12.4. The predicted molar refractivity (Wildman–Crippen MR) is 144 cm³/mol. The lowest BCUT2D eigenvalue weighted by Crippen LogP contribution is -2.36. The highest BCUT2D eigenvalue weighted by atomic mass is 19.1. The van der Waals surface area contributed by atoms with E-state index < -0.39 is 23.4 Å². The number of aliphatic hydroxyl groups excluding tert-OH is 1. The Morgan fingerprint density at radius 2 is 2.05 bits per heavy atom. The van der Waals surface area contributed by atoms with Gasteiger partial charge < -0.3 is 30.0 Å². The second-order valence-corrected chi connectivity index (χ2v) is 10.4. The van der Waals surface area contributed by atoms with Crippen molar-refractivity contribution in [2.45, 2.75) is 52.9 Å². The first kappa shape index (κ1) is 26.6. The van der Waals surface area contributed by atoms with Crippen LogP contribution in [0.1, 0.15) is 39.8 Å². The number of ether oxygens (including phenoxy) is 2. The van der Waals surface area contributed by atoms with E-state index in [4.69, 9.17) is 15.2 Å². The lowest BCUT2D eigenvalue weighted by molar-refractivity contribution is 0.0827. The van der Waals surface area contributed by atoms with Crippen LogP contribution in [-0.2, 0) is 6.54 Å². The molecule has 198 valence electrons. The number of nitrogens with zero attached hydrogens (tertiary/aromatic N) is 3. The van der Waals surface area contributed by atoms with Crippen LogP contribution in [0.25, 0.3) is 16.8 Å². The number of halogens is 1. The summed E-state index contributed by atoms with van der Waals surface area (Å²) in [7, 11) is 3.56. The van der Waals surface area contributed by atoms with Gasteiger partial charge in [-0.05, 0) is 49.2 Å². The highest BCUT2D eigenvalue weighted by Gasteiger charge is 2.32. The van der Waals surface area contributed by atoms with Gasteiger partial charge in [-0.2, -0.15) is 0 Å². The average Bonchev–Trinajstić information content (AvgIpc) is 3.28. The van der Waals surface area contributed by atoms with Gasteiger partial charge in [-0.15, -0.1) is 0 Å². The fraction of sp³-hybridized carbons (Fsp3) is 0.429. The number of imidazole rings is 1. The molecule has 0 saturated heterocycles. The molecule has 2 aromatic heterocycles. The van der Waals surface area contributed by atoms with Crippen molar-refractivity contribution in [1.29, 1.82) is 0 Å². The monoisotopic (exact) mass is 509 g/mol. The minimum Gasteiger partial charge on any atom is -0.483 e. The number of nitrogens with one attached hydrogen (secondary N) is 1. The molecule has 2 unspecified atom stereocenters. The number of benzene rings is 1. The highest BCUT2D eigenvalue weighted by molar-refractivity contribution is 5.99. The summed E-state index contributed by atoms with van der Waals surface area (Å²) >= 11 is 0. The van der Waals surface area contributed by atoms with Crippen LogP contribution in [0.2, 0.25) is 0 Å². The lowest BCUT2D eigenvalue weighted by Gasteiger charge is -2.31. The van der Waals surface area contributed by atoms with Crippen molar-refractivity contribution < 1.29 is 19.0 Å². The molecule has 0 fully saturated rings. The first-order valence-electron chi connectivity index (χ1n) is 12.4. The van der Waals surface area contributed by atoms with Crippen molar-refractivity contribution in [2.24, 2.45) is 16.1 Å². The molecule has 4 rings (SSSR count). The number of aromatic nitrogens is 2. The van der Waals surface area contributed by atoms with Crippen LogP contribution in [0.3, 0.4) is 0 Å². The first-order chi connectivity index (χ1) is 17.5. The van der Waals surface area contributed by atoms with E-state index in [-0.39, 0.29) is 12.4 Å². The molecule has 0 spiro atoms. The zero-order chi connectivity index (χ0) is 26.9. The Morgan fingerprint density at radius 1 is 1.30 bits per heavy atom. The summed E-state index contributed by atoms with van der Waals surface area (Å²) in [6, 6.07) is 6.94. The van der Waals surface area contributed by atoms with Crippen LogP contribution in [0.4, 0.5) is 4.39 Å². The van der Waals surface area contributed by atoms with Crippen molar-refractivity contribution in [2.75, 3.05) is 20.7 Å². The van der Waals surface area contributed by atoms with Crippen LogP contribution < -0.4 is 20.5 Å². The third-order valence-corrected chi connectivity index (χ3v) is 6.68. The van der Waals surface area contributed by atoms with Crippen LogP contribution in [0.15, 0.2) is 52.9 Å². The summed E-state index contributed by atoms with van der Waals surface area (Å²) in [5.74, 6) is -0.0585. The van der Waals surface area contributed by atoms with E-state index >= 15 is 0 Å². The molecule has 4 N–H and O–H groups in total. The fourth-order valence-electron chi connectivity index (χ4n) is 4.47. The smallest absolute Gasteiger partial charge is 0.197 e. The lowest BCUT2D eigenvalue weighted by atomic mass is 9.84. The molecule has 0 bridgehead atoms. The quantitative estimate of drug-likeness (QED) is 0.414. The van der Waals surface area contributed by atoms with Crippen molar-refractivity contribution in [1.82, 2.24) is 14.7 Å². The molecule has 0 saturated carbocycles. The average molecular weight is 510 g/mol. The number of nitrogens with two attached hydrogens (primary N) is 1. The molecule has 0 aliphatic carbocycles. The van der Waals surface area contributed by atoms with Gasteiger partial charge in [0, 0.05) is 48.7 Å². The van der Waals surface area contributed by atoms with Crippen molar-refractivity contribution in [3.05, 3.63) is 59.4 Å². The maximum Gasteiger partial charge on any atom is 0.197 e. The maximum atomic E-state index is 14.8. The molecule has 8 nitrogen and oxygen atoms in total. The molecule has 37 heavy (non-hydrogen) atoms. The Labute approximate surface area is 217 Å². The molecule has 1 aliphatic rings. The third-order valence-electron chi connectivity index (χ3n) is 6.68. The van der Waals surface area contributed by atoms with E-state index in [0.717, 1.165) is 16.9 Å². The predicted octanol–water partition coefficient (Wildman–Crippen LogP) is 4.10. The van der Waals surface area contributed by atoms with E-state index in [1.165, 1.54) is 6.07 Å². The van der Waals surface area contributed by atoms with E-state index in [1.807, 2.05) is 63.7 Å². The highest BCUT2D eigenvalue weighted by Crippen LogP contribution is 2.43. The van der Waals surface area contributed by atoms with Crippen LogP contribution >= 0.6 is 0 Å². The molecule has 1 aliphatic heterocycles. The molecule has 3 aromatic rings. The summed E-state index contributed by atoms with van der Waals surface area (Å²) in [5, 5.41) is 14.0. The Hall–Kier alpha value is -3.43. The second-order valence-electron chi connectivity index (χ2n) is 10.4. The summed E-state index contributed by atoms with van der Waals surface area (Å²) in [5.41, 5.74) is 11.1. The van der Waals surface area contributed by atoms with Crippen molar-refractivity contribution in [3.63, 3.8) is 0 Å². The molecule has 3 heterocycles. The molecule has 2 atom stereocenters. The minimum absolute atomic E-state index is 0.0871. The number of aliphatic hydroxyl groups is 1. The summed E-state index contributed by atoms with van der Waals surface area (Å²) in [6.07, 6.45) is 2.82. The Bertz CT molecular complexity index is 1360. The summed E-state index contributed by atoms with van der Waals surface area (Å²) < 4.78 is 29.0. The zero-order valence-electron chi connectivity index (χ0n) is 22.3. The standard InChI is InChI=1S/C28H36FN5O3/c1-16(32-6)21(24(30)27(35)28(2,3)4)11-19-15-36-26-22(29)9-8-20(25(26)37-19)17-7-10-23-33-13-18(12-31-5)34(23)14-17/h7-10,13-14,19,27,31,35H,11-12,15,30H2,1-6H3/b24-21-,32-16?. The maximum absolute atomic E-state index is 14.8. The molecular formula is C28H36FN5O3. The van der Waals surface area contributed by atoms with E-state index in [0.29, 0.717) is 41.3 Å². The van der Waals surface area contributed by atoms with Crippen LogP contribution in [0, 0.1) is 11.2 Å². The van der Waals surface area contributed by atoms with Gasteiger partial charge in [-0.3, -0.25) is 4.99 Å². The molecule has 0 amide bonds. The number of pyridine rings is 1. The molecular weight excluding hydrogens is 473 g/mol. The van der Waals surface area contributed by atoms with E-state index in [1.54, 1.807) is 13.1 Å². The van der Waals surface area contributed by atoms with Gasteiger partial charge in [0.1, 0.15) is 18.4 Å². The number of hydrogen-bond donors (Lipinski definition) is 3.